The van der Waals surface area contributed by atoms with Crippen molar-refractivity contribution in [3.63, 3.8) is 0 Å². The van der Waals surface area contributed by atoms with Crippen LogP contribution < -0.4 is 0 Å². The van der Waals surface area contributed by atoms with E-state index in [0.717, 1.165) is 0 Å². The fraction of sp³-hybridized carbons (Fsp3) is 0.800. The van der Waals surface area contributed by atoms with Gasteiger partial charge in [-0.1, -0.05) is 13.8 Å². The highest BCUT2D eigenvalue weighted by molar-refractivity contribution is 5.87. The monoisotopic (exact) mass is 200 g/mol. The third-order valence-corrected chi connectivity index (χ3v) is 2.22. The number of carbonyl (C=O) groups is 2. The average molecular weight is 200 g/mol. The van der Waals surface area contributed by atoms with Crippen LogP contribution >= 0.6 is 0 Å². The molecule has 0 fully saturated rings. The smallest absolute Gasteiger partial charge is 0.244 e. The number of carbonyl (C=O) groups excluding carboxylic acids is 2. The number of likely N-dealkylation sites (N-methyl/N-ethyl adjacent to an activating group) is 2. The van der Waals surface area contributed by atoms with E-state index in [1.54, 1.807) is 28.1 Å². The van der Waals surface area contributed by atoms with Crippen LogP contribution in [0, 0.1) is 5.92 Å². The molecule has 0 saturated heterocycles. The first kappa shape index (κ1) is 12.9. The molecular weight excluding hydrogens is 180 g/mol. The molecule has 1 atom stereocenters. The summed E-state index contributed by atoms with van der Waals surface area (Å²) in [5, 5.41) is 0. The first-order valence-electron chi connectivity index (χ1n) is 4.76. The van der Waals surface area contributed by atoms with E-state index < -0.39 is 0 Å². The van der Waals surface area contributed by atoms with Gasteiger partial charge in [-0.15, -0.1) is 0 Å². The number of nitrogens with zero attached hydrogens (tertiary/aromatic N) is 2. The van der Waals surface area contributed by atoms with Gasteiger partial charge in [0.2, 0.25) is 11.8 Å². The van der Waals surface area contributed by atoms with Gasteiger partial charge in [-0.3, -0.25) is 9.59 Å². The molecule has 4 heteroatoms. The van der Waals surface area contributed by atoms with Crippen LogP contribution in [-0.4, -0.2) is 48.8 Å². The van der Waals surface area contributed by atoms with Crippen LogP contribution in [-0.2, 0) is 9.59 Å². The van der Waals surface area contributed by atoms with Gasteiger partial charge in [0.25, 0.3) is 0 Å². The Bertz CT molecular complexity index is 200. The summed E-state index contributed by atoms with van der Waals surface area (Å²) in [6.07, 6.45) is 0. The zero-order valence-corrected chi connectivity index (χ0v) is 9.87. The summed E-state index contributed by atoms with van der Waals surface area (Å²) in [6, 6.07) is -0.389. The van der Waals surface area contributed by atoms with Crippen molar-refractivity contribution in [2.45, 2.75) is 26.8 Å². The lowest BCUT2D eigenvalue weighted by Gasteiger charge is -2.27. The van der Waals surface area contributed by atoms with Crippen molar-refractivity contribution < 1.29 is 9.59 Å². The van der Waals surface area contributed by atoms with Crippen LogP contribution in [0.2, 0.25) is 0 Å². The molecule has 1 unspecified atom stereocenters. The molecule has 0 aromatic rings. The fourth-order valence-electron chi connectivity index (χ4n) is 1.14. The van der Waals surface area contributed by atoms with Crippen molar-refractivity contribution in [1.82, 2.24) is 9.80 Å². The van der Waals surface area contributed by atoms with E-state index >= 15 is 0 Å². The number of hydrogen-bond acceptors (Lipinski definition) is 2. The molecule has 0 rings (SSSR count). The molecule has 0 radical (unpaired) electrons. The second-order valence-corrected chi connectivity index (χ2v) is 4.01. The standard InChI is InChI=1S/C10H20N2O2/c1-7(2)9(13)12(6)8(3)10(14)11(4)5/h7-8H,1-6H3. The quantitative estimate of drug-likeness (QED) is 0.668. The highest BCUT2D eigenvalue weighted by Gasteiger charge is 2.24. The van der Waals surface area contributed by atoms with Crippen LogP contribution in [0.4, 0.5) is 0 Å². The molecule has 0 bridgehead atoms. The van der Waals surface area contributed by atoms with E-state index in [0.29, 0.717) is 0 Å². The van der Waals surface area contributed by atoms with E-state index in [-0.39, 0.29) is 23.8 Å². The molecule has 0 aliphatic rings. The summed E-state index contributed by atoms with van der Waals surface area (Å²) in [6.45, 7) is 5.39. The van der Waals surface area contributed by atoms with Crippen molar-refractivity contribution in [2.75, 3.05) is 21.1 Å². The van der Waals surface area contributed by atoms with Crippen LogP contribution in [0.15, 0.2) is 0 Å². The van der Waals surface area contributed by atoms with Crippen molar-refractivity contribution >= 4 is 11.8 Å². The van der Waals surface area contributed by atoms with Crippen molar-refractivity contribution in [3.05, 3.63) is 0 Å². The van der Waals surface area contributed by atoms with Crippen LogP contribution in [0.25, 0.3) is 0 Å². The van der Waals surface area contributed by atoms with Gasteiger partial charge in [-0.2, -0.15) is 0 Å². The Morgan fingerprint density at radius 2 is 1.36 bits per heavy atom. The zero-order chi connectivity index (χ0) is 11.5. The molecule has 14 heavy (non-hydrogen) atoms. The number of hydrogen-bond donors (Lipinski definition) is 0. The lowest BCUT2D eigenvalue weighted by atomic mass is 10.1. The van der Waals surface area contributed by atoms with Crippen molar-refractivity contribution in [2.24, 2.45) is 5.92 Å². The fourth-order valence-corrected chi connectivity index (χ4v) is 1.14. The Morgan fingerprint density at radius 1 is 0.929 bits per heavy atom. The Labute approximate surface area is 85.9 Å². The lowest BCUT2D eigenvalue weighted by Crippen LogP contribution is -2.46. The van der Waals surface area contributed by atoms with Gasteiger partial charge in [0.05, 0.1) is 0 Å². The normalized spacial score (nSPS) is 12.5. The molecule has 0 N–H and O–H groups in total. The first-order chi connectivity index (χ1) is 6.29. The molecule has 0 aromatic heterocycles. The van der Waals surface area contributed by atoms with Gasteiger partial charge in [0.15, 0.2) is 0 Å². The Kier molecular flexibility index (Phi) is 4.60. The van der Waals surface area contributed by atoms with E-state index in [1.807, 2.05) is 13.8 Å². The molecule has 4 nitrogen and oxygen atoms in total. The average Bonchev–Trinajstić information content (AvgIpc) is 2.12. The summed E-state index contributed by atoms with van der Waals surface area (Å²) in [4.78, 5) is 26.1. The highest BCUT2D eigenvalue weighted by Crippen LogP contribution is 2.05. The van der Waals surface area contributed by atoms with E-state index in [4.69, 9.17) is 0 Å². The summed E-state index contributed by atoms with van der Waals surface area (Å²) < 4.78 is 0. The molecule has 0 saturated carbocycles. The van der Waals surface area contributed by atoms with Crippen LogP contribution in [0.1, 0.15) is 20.8 Å². The minimum Gasteiger partial charge on any atom is -0.347 e. The zero-order valence-electron chi connectivity index (χ0n) is 9.87. The molecular formula is C10H20N2O2. The van der Waals surface area contributed by atoms with Gasteiger partial charge in [0.1, 0.15) is 6.04 Å². The summed E-state index contributed by atoms with van der Waals surface area (Å²) >= 11 is 0. The van der Waals surface area contributed by atoms with Gasteiger partial charge in [-0.25, -0.2) is 0 Å². The van der Waals surface area contributed by atoms with Gasteiger partial charge < -0.3 is 9.80 Å². The maximum atomic E-state index is 11.6. The third-order valence-electron chi connectivity index (χ3n) is 2.22. The largest absolute Gasteiger partial charge is 0.347 e. The topological polar surface area (TPSA) is 40.6 Å². The van der Waals surface area contributed by atoms with Crippen LogP contribution in [0.5, 0.6) is 0 Å². The Morgan fingerprint density at radius 3 is 1.64 bits per heavy atom. The Balaban J connectivity index is 4.46. The summed E-state index contributed by atoms with van der Waals surface area (Å²) in [5.41, 5.74) is 0. The highest BCUT2D eigenvalue weighted by atomic mass is 16.2. The minimum absolute atomic E-state index is 0.00676. The predicted octanol–water partition coefficient (Wildman–Crippen LogP) is 0.577. The van der Waals surface area contributed by atoms with Gasteiger partial charge >= 0.3 is 0 Å². The van der Waals surface area contributed by atoms with Crippen molar-refractivity contribution in [3.8, 4) is 0 Å². The maximum Gasteiger partial charge on any atom is 0.244 e. The summed E-state index contributed by atoms with van der Waals surface area (Å²) in [5.74, 6) is -0.133. The molecule has 0 spiro atoms. The van der Waals surface area contributed by atoms with Gasteiger partial charge in [-0.05, 0) is 6.92 Å². The SMILES string of the molecule is CC(C)C(=O)N(C)C(C)C(=O)N(C)C. The predicted molar refractivity (Wildman–Crippen MR) is 55.8 cm³/mol. The summed E-state index contributed by atoms with van der Waals surface area (Å²) in [7, 11) is 5.04. The number of rotatable bonds is 3. The maximum absolute atomic E-state index is 11.6. The molecule has 2 amide bonds. The molecule has 0 aliphatic carbocycles. The van der Waals surface area contributed by atoms with E-state index in [9.17, 15) is 9.59 Å². The first-order valence-corrected chi connectivity index (χ1v) is 4.76. The van der Waals surface area contributed by atoms with Gasteiger partial charge in [0, 0.05) is 27.1 Å². The molecule has 82 valence electrons. The molecule has 0 aliphatic heterocycles. The van der Waals surface area contributed by atoms with Crippen molar-refractivity contribution in [1.29, 1.82) is 0 Å². The lowest BCUT2D eigenvalue weighted by molar-refractivity contribution is -0.144. The Hall–Kier alpha value is -1.06. The second kappa shape index (κ2) is 4.98. The minimum atomic E-state index is -0.389. The molecule has 0 aromatic carbocycles. The number of amides is 2. The van der Waals surface area contributed by atoms with E-state index in [1.165, 1.54) is 9.80 Å². The van der Waals surface area contributed by atoms with E-state index in [2.05, 4.69) is 0 Å². The third kappa shape index (κ3) is 3.01. The second-order valence-electron chi connectivity index (χ2n) is 4.01. The molecule has 0 heterocycles. The van der Waals surface area contributed by atoms with Crippen LogP contribution in [0.3, 0.4) is 0 Å².